The number of carbonyl (C=O) groups excluding carboxylic acids is 1. The molecule has 1 amide bonds. The summed E-state index contributed by atoms with van der Waals surface area (Å²) in [5.41, 5.74) is 4.87. The number of rotatable bonds is 5. The number of oxime groups is 1. The van der Waals surface area contributed by atoms with Crippen LogP contribution in [0.3, 0.4) is 0 Å². The highest BCUT2D eigenvalue weighted by Gasteiger charge is 2.48. The lowest BCUT2D eigenvalue weighted by Gasteiger charge is -2.38. The highest BCUT2D eigenvalue weighted by Crippen LogP contribution is 2.41. The van der Waals surface area contributed by atoms with Gasteiger partial charge < -0.3 is 16.3 Å². The highest BCUT2D eigenvalue weighted by atomic mass is 16.4. The maximum atomic E-state index is 12.0. The van der Waals surface area contributed by atoms with E-state index in [1.54, 1.807) is 0 Å². The van der Waals surface area contributed by atoms with Crippen molar-refractivity contribution in [3.8, 4) is 0 Å². The predicted octanol–water partition coefficient (Wildman–Crippen LogP) is 0.819. The fourth-order valence-corrected chi connectivity index (χ4v) is 2.19. The molecule has 0 unspecified atom stereocenters. The smallest absolute Gasteiger partial charge is 0.233 e. The van der Waals surface area contributed by atoms with Crippen LogP contribution in [0.1, 0.15) is 38.5 Å². The van der Waals surface area contributed by atoms with Crippen molar-refractivity contribution in [2.45, 2.75) is 38.5 Å². The Kier molecular flexibility index (Phi) is 3.03. The molecule has 0 bridgehead atoms. The van der Waals surface area contributed by atoms with Crippen molar-refractivity contribution in [2.24, 2.45) is 22.2 Å². The number of nitrogens with zero attached hydrogens (tertiary/aromatic N) is 1. The van der Waals surface area contributed by atoms with E-state index >= 15 is 0 Å². The maximum Gasteiger partial charge on any atom is 0.233 e. The minimum absolute atomic E-state index is 0.0580. The Hall–Kier alpha value is -1.26. The average molecular weight is 225 g/mol. The summed E-state index contributed by atoms with van der Waals surface area (Å²) in [6, 6.07) is 0. The van der Waals surface area contributed by atoms with Crippen molar-refractivity contribution in [2.75, 3.05) is 6.54 Å². The summed E-state index contributed by atoms with van der Waals surface area (Å²) in [5, 5.41) is 14.6. The van der Waals surface area contributed by atoms with Gasteiger partial charge in [-0.25, -0.2) is 0 Å². The summed E-state index contributed by atoms with van der Waals surface area (Å²) in [4.78, 5) is 12.0. The topological polar surface area (TPSA) is 87.7 Å². The van der Waals surface area contributed by atoms with Crippen LogP contribution in [0.4, 0.5) is 0 Å². The van der Waals surface area contributed by atoms with Crippen LogP contribution in [0.15, 0.2) is 5.16 Å². The van der Waals surface area contributed by atoms with Crippen molar-refractivity contribution in [3.63, 3.8) is 0 Å². The number of hydrogen-bond acceptors (Lipinski definition) is 3. The first-order valence-electron chi connectivity index (χ1n) is 5.95. The number of carbonyl (C=O) groups is 1. The second-order valence-corrected chi connectivity index (χ2v) is 4.91. The number of amidine groups is 1. The largest absolute Gasteiger partial charge is 0.409 e. The summed E-state index contributed by atoms with van der Waals surface area (Å²) in [7, 11) is 0. The van der Waals surface area contributed by atoms with Gasteiger partial charge in [0.15, 0.2) is 5.84 Å². The highest BCUT2D eigenvalue weighted by molar-refractivity contribution is 6.07. The molecule has 2 aliphatic rings. The standard InChI is InChI=1S/C11H19N3O2/c12-9(14-16)11(5-1-6-11)10(15)13-7-4-8-2-3-8/h8,16H,1-7H2,(H2,12,14)(H,13,15). The molecule has 2 aliphatic carbocycles. The molecule has 0 atom stereocenters. The van der Waals surface area contributed by atoms with Crippen LogP contribution < -0.4 is 11.1 Å². The average Bonchev–Trinajstić information content (AvgIpc) is 2.99. The van der Waals surface area contributed by atoms with Gasteiger partial charge in [-0.05, 0) is 25.2 Å². The third kappa shape index (κ3) is 1.99. The first-order chi connectivity index (χ1) is 7.69. The molecule has 2 saturated carbocycles. The SMILES string of the molecule is NC(=NO)C1(C(=O)NCCC2CC2)CCC1. The van der Waals surface area contributed by atoms with Crippen molar-refractivity contribution >= 4 is 11.7 Å². The molecule has 2 fully saturated rings. The van der Waals surface area contributed by atoms with E-state index in [0.717, 1.165) is 18.8 Å². The Morgan fingerprint density at radius 2 is 2.19 bits per heavy atom. The molecule has 5 heteroatoms. The Balaban J connectivity index is 1.85. The quantitative estimate of drug-likeness (QED) is 0.280. The molecule has 0 aliphatic heterocycles. The summed E-state index contributed by atoms with van der Waals surface area (Å²) >= 11 is 0. The third-order valence-corrected chi connectivity index (χ3v) is 3.77. The zero-order chi connectivity index (χ0) is 11.6. The first kappa shape index (κ1) is 11.2. The minimum atomic E-state index is -0.724. The monoisotopic (exact) mass is 225 g/mol. The second kappa shape index (κ2) is 4.31. The molecular weight excluding hydrogens is 206 g/mol. The van der Waals surface area contributed by atoms with Gasteiger partial charge in [0.2, 0.25) is 5.91 Å². The second-order valence-electron chi connectivity index (χ2n) is 4.91. The lowest BCUT2D eigenvalue weighted by molar-refractivity contribution is -0.131. The van der Waals surface area contributed by atoms with Crippen molar-refractivity contribution in [1.29, 1.82) is 0 Å². The number of hydrogen-bond donors (Lipinski definition) is 3. The molecule has 4 N–H and O–H groups in total. The van der Waals surface area contributed by atoms with Crippen LogP contribution in [0, 0.1) is 11.3 Å². The number of amides is 1. The van der Waals surface area contributed by atoms with Crippen molar-refractivity contribution in [3.05, 3.63) is 0 Å². The fourth-order valence-electron chi connectivity index (χ4n) is 2.19. The molecule has 0 heterocycles. The third-order valence-electron chi connectivity index (χ3n) is 3.77. The Labute approximate surface area is 95.1 Å². The van der Waals surface area contributed by atoms with Gasteiger partial charge in [-0.15, -0.1) is 0 Å². The molecule has 90 valence electrons. The van der Waals surface area contributed by atoms with E-state index in [-0.39, 0.29) is 11.7 Å². The molecular formula is C11H19N3O2. The molecule has 5 nitrogen and oxygen atoms in total. The van der Waals surface area contributed by atoms with Crippen LogP contribution in [0.5, 0.6) is 0 Å². The molecule has 0 aromatic rings. The summed E-state index contributed by atoms with van der Waals surface area (Å²) in [6.45, 7) is 0.712. The van der Waals surface area contributed by atoms with Gasteiger partial charge in [0.05, 0.1) is 0 Å². The van der Waals surface area contributed by atoms with Gasteiger partial charge in [-0.1, -0.05) is 24.4 Å². The van der Waals surface area contributed by atoms with Crippen LogP contribution >= 0.6 is 0 Å². The fraction of sp³-hybridized carbons (Fsp3) is 0.818. The lowest BCUT2D eigenvalue weighted by atomic mass is 9.67. The first-order valence-corrected chi connectivity index (χ1v) is 5.95. The molecule has 16 heavy (non-hydrogen) atoms. The van der Waals surface area contributed by atoms with Gasteiger partial charge in [-0.3, -0.25) is 4.79 Å². The van der Waals surface area contributed by atoms with Crippen LogP contribution in [0.25, 0.3) is 0 Å². The summed E-state index contributed by atoms with van der Waals surface area (Å²) in [6.07, 6.45) is 5.99. The van der Waals surface area contributed by atoms with E-state index in [1.807, 2.05) is 0 Å². The predicted molar refractivity (Wildman–Crippen MR) is 60.0 cm³/mol. The normalized spacial score (nSPS) is 23.6. The molecule has 2 rings (SSSR count). The van der Waals surface area contributed by atoms with Crippen molar-refractivity contribution < 1.29 is 10.0 Å². The van der Waals surface area contributed by atoms with E-state index in [2.05, 4.69) is 10.5 Å². The number of nitrogens with two attached hydrogens (primary N) is 1. The van der Waals surface area contributed by atoms with Crippen LogP contribution in [0.2, 0.25) is 0 Å². The Morgan fingerprint density at radius 1 is 1.50 bits per heavy atom. The zero-order valence-corrected chi connectivity index (χ0v) is 9.41. The Morgan fingerprint density at radius 3 is 2.62 bits per heavy atom. The molecule has 0 spiro atoms. The van der Waals surface area contributed by atoms with E-state index in [9.17, 15) is 4.79 Å². The van der Waals surface area contributed by atoms with Crippen LogP contribution in [-0.2, 0) is 4.79 Å². The van der Waals surface area contributed by atoms with E-state index in [1.165, 1.54) is 12.8 Å². The van der Waals surface area contributed by atoms with Crippen molar-refractivity contribution in [1.82, 2.24) is 5.32 Å². The van der Waals surface area contributed by atoms with Gasteiger partial charge in [-0.2, -0.15) is 0 Å². The van der Waals surface area contributed by atoms with Crippen LogP contribution in [-0.4, -0.2) is 23.5 Å². The molecule has 0 radical (unpaired) electrons. The van der Waals surface area contributed by atoms with Gasteiger partial charge in [0, 0.05) is 6.54 Å². The molecule has 0 aromatic heterocycles. The minimum Gasteiger partial charge on any atom is -0.409 e. The Bertz CT molecular complexity index is 306. The van der Waals surface area contributed by atoms with E-state index in [4.69, 9.17) is 10.9 Å². The van der Waals surface area contributed by atoms with E-state index < -0.39 is 5.41 Å². The lowest BCUT2D eigenvalue weighted by Crippen LogP contribution is -2.54. The summed E-state index contributed by atoms with van der Waals surface area (Å²) in [5.74, 6) is 0.791. The summed E-state index contributed by atoms with van der Waals surface area (Å²) < 4.78 is 0. The zero-order valence-electron chi connectivity index (χ0n) is 9.41. The van der Waals surface area contributed by atoms with E-state index in [0.29, 0.717) is 19.4 Å². The maximum absolute atomic E-state index is 12.0. The van der Waals surface area contributed by atoms with Gasteiger partial charge in [0.25, 0.3) is 0 Å². The number of nitrogens with one attached hydrogen (secondary N) is 1. The molecule has 0 saturated heterocycles. The molecule has 0 aromatic carbocycles. The van der Waals surface area contributed by atoms with Gasteiger partial charge in [0.1, 0.15) is 5.41 Å². The van der Waals surface area contributed by atoms with Gasteiger partial charge >= 0.3 is 0 Å².